The van der Waals surface area contributed by atoms with Crippen LogP contribution in [0.3, 0.4) is 0 Å². The highest BCUT2D eigenvalue weighted by Crippen LogP contribution is 2.79. The number of methoxy groups -OCH3 is 1. The predicted molar refractivity (Wildman–Crippen MR) is 81.0 cm³/mol. The van der Waals surface area contributed by atoms with Gasteiger partial charge in [0, 0.05) is 31.7 Å². The van der Waals surface area contributed by atoms with E-state index in [2.05, 4.69) is 21.5 Å². The van der Waals surface area contributed by atoms with Crippen LogP contribution in [0.25, 0.3) is 0 Å². The molecular formula is C17H21N3O3. The molecule has 5 rings (SSSR count). The summed E-state index contributed by atoms with van der Waals surface area (Å²) < 4.78 is 5.02. The lowest BCUT2D eigenvalue weighted by Gasteiger charge is -2.23. The lowest BCUT2D eigenvalue weighted by molar-refractivity contribution is -0.148. The molecule has 4 bridgehead atoms. The maximum Gasteiger partial charge on any atom is 0.314 e. The van der Waals surface area contributed by atoms with Crippen molar-refractivity contribution in [1.82, 2.24) is 5.32 Å². The molecule has 0 spiro atoms. The largest absolute Gasteiger partial charge is 0.469 e. The maximum absolute atomic E-state index is 12.3. The molecule has 0 aromatic rings. The van der Waals surface area contributed by atoms with Gasteiger partial charge in [0.05, 0.1) is 12.5 Å². The van der Waals surface area contributed by atoms with E-state index in [-0.39, 0.29) is 17.9 Å². The quantitative estimate of drug-likeness (QED) is 0.573. The monoisotopic (exact) mass is 315 g/mol. The number of hydrogen-bond acceptors (Lipinski definition) is 5. The molecule has 6 heteroatoms. The molecule has 0 saturated heterocycles. The van der Waals surface area contributed by atoms with E-state index >= 15 is 0 Å². The van der Waals surface area contributed by atoms with Crippen molar-refractivity contribution in [2.75, 3.05) is 7.11 Å². The van der Waals surface area contributed by atoms with Crippen molar-refractivity contribution in [2.45, 2.75) is 50.2 Å². The third-order valence-electron chi connectivity index (χ3n) is 6.36. The van der Waals surface area contributed by atoms with Gasteiger partial charge in [0.15, 0.2) is 5.66 Å². The van der Waals surface area contributed by atoms with Crippen LogP contribution in [0.1, 0.15) is 38.5 Å². The Labute approximate surface area is 135 Å². The standard InChI is InChI=1S/C17H21N3O3/c1-3-4-6-16(19-20-16)7-5-13(21)18-14-10-8-11-12(9-10)17(11,14)15(22)23-2/h1,10-12,14H,4-9H2,2H3,(H,18,21). The summed E-state index contributed by atoms with van der Waals surface area (Å²) in [6.45, 7) is 0. The van der Waals surface area contributed by atoms with Gasteiger partial charge in [-0.3, -0.25) is 9.59 Å². The molecule has 4 fully saturated rings. The third kappa shape index (κ3) is 1.95. The second-order valence-corrected chi connectivity index (χ2v) is 7.30. The van der Waals surface area contributed by atoms with E-state index in [1.54, 1.807) is 0 Å². The SMILES string of the molecule is C#CCCC1(CCC(=O)NC2C3CC4C(C3)C42C(=O)OC)N=N1. The van der Waals surface area contributed by atoms with E-state index in [1.165, 1.54) is 7.11 Å². The maximum atomic E-state index is 12.3. The van der Waals surface area contributed by atoms with Crippen LogP contribution >= 0.6 is 0 Å². The van der Waals surface area contributed by atoms with Gasteiger partial charge in [-0.05, 0) is 30.6 Å². The molecule has 6 nitrogen and oxygen atoms in total. The van der Waals surface area contributed by atoms with E-state index in [4.69, 9.17) is 11.2 Å². The predicted octanol–water partition coefficient (Wildman–Crippen LogP) is 1.66. The van der Waals surface area contributed by atoms with Crippen molar-refractivity contribution >= 4 is 11.9 Å². The zero-order valence-corrected chi connectivity index (χ0v) is 13.2. The Bertz CT molecular complexity index is 617. The first-order chi connectivity index (χ1) is 11.1. The molecule has 3 unspecified atom stereocenters. The van der Waals surface area contributed by atoms with E-state index in [1.807, 2.05) is 0 Å². The van der Waals surface area contributed by atoms with Crippen molar-refractivity contribution in [3.8, 4) is 12.3 Å². The van der Waals surface area contributed by atoms with Gasteiger partial charge >= 0.3 is 5.97 Å². The zero-order chi connectivity index (χ0) is 16.2. The van der Waals surface area contributed by atoms with Crippen molar-refractivity contribution < 1.29 is 14.3 Å². The molecule has 3 atom stereocenters. The van der Waals surface area contributed by atoms with Crippen LogP contribution in [-0.4, -0.2) is 30.7 Å². The van der Waals surface area contributed by atoms with Crippen molar-refractivity contribution in [3.05, 3.63) is 0 Å². The Morgan fingerprint density at radius 1 is 1.30 bits per heavy atom. The van der Waals surface area contributed by atoms with Gasteiger partial charge in [-0.25, -0.2) is 0 Å². The Morgan fingerprint density at radius 2 is 2.00 bits per heavy atom. The summed E-state index contributed by atoms with van der Waals surface area (Å²) in [7, 11) is 1.44. The van der Waals surface area contributed by atoms with Gasteiger partial charge in [0.2, 0.25) is 5.91 Å². The molecule has 0 aromatic heterocycles. The first-order valence-electron chi connectivity index (χ1n) is 8.33. The highest BCUT2D eigenvalue weighted by Gasteiger charge is 2.84. The van der Waals surface area contributed by atoms with Crippen LogP contribution in [0, 0.1) is 35.5 Å². The number of rotatable bonds is 7. The minimum Gasteiger partial charge on any atom is -0.469 e. The molecule has 0 aromatic carbocycles. The number of ether oxygens (including phenoxy) is 1. The summed E-state index contributed by atoms with van der Waals surface area (Å²) in [5.74, 6) is 3.69. The van der Waals surface area contributed by atoms with Crippen LogP contribution in [0.4, 0.5) is 0 Å². The number of terminal acetylenes is 1. The number of nitrogens with zero attached hydrogens (tertiary/aromatic N) is 2. The fourth-order valence-electron chi connectivity index (χ4n) is 5.22. The van der Waals surface area contributed by atoms with Crippen LogP contribution in [0.2, 0.25) is 0 Å². The summed E-state index contributed by atoms with van der Waals surface area (Å²) in [6, 6.07) is -0.0489. The summed E-state index contributed by atoms with van der Waals surface area (Å²) >= 11 is 0. The highest BCUT2D eigenvalue weighted by atomic mass is 16.5. The normalized spacial score (nSPS) is 39.7. The molecule has 4 aliphatic carbocycles. The minimum atomic E-state index is -0.427. The van der Waals surface area contributed by atoms with Crippen LogP contribution in [-0.2, 0) is 14.3 Å². The Balaban J connectivity index is 1.33. The molecule has 0 radical (unpaired) electrons. The minimum absolute atomic E-state index is 0.0196. The van der Waals surface area contributed by atoms with Gasteiger partial charge in [0.1, 0.15) is 0 Å². The summed E-state index contributed by atoms with van der Waals surface area (Å²) in [5.41, 5.74) is -0.853. The number of carbonyl (C=O) groups is 2. The van der Waals surface area contributed by atoms with Crippen molar-refractivity contribution in [1.29, 1.82) is 0 Å². The third-order valence-corrected chi connectivity index (χ3v) is 6.36. The highest BCUT2D eigenvalue weighted by molar-refractivity contribution is 5.86. The van der Waals surface area contributed by atoms with Crippen LogP contribution < -0.4 is 5.32 Å². The van der Waals surface area contributed by atoms with E-state index < -0.39 is 11.1 Å². The number of nitrogens with one attached hydrogen (secondary N) is 1. The van der Waals surface area contributed by atoms with Gasteiger partial charge in [-0.15, -0.1) is 12.3 Å². The van der Waals surface area contributed by atoms with Gasteiger partial charge in [-0.2, -0.15) is 10.2 Å². The first kappa shape index (κ1) is 14.7. The summed E-state index contributed by atoms with van der Waals surface area (Å²) in [6.07, 6.45) is 9.64. The Hall–Kier alpha value is -1.90. The molecule has 5 aliphatic rings. The molecule has 4 saturated carbocycles. The Kier molecular flexibility index (Phi) is 3.06. The Morgan fingerprint density at radius 3 is 2.57 bits per heavy atom. The van der Waals surface area contributed by atoms with Gasteiger partial charge in [0.25, 0.3) is 0 Å². The smallest absolute Gasteiger partial charge is 0.314 e. The second kappa shape index (κ2) is 4.80. The molecular weight excluding hydrogens is 294 g/mol. The number of amides is 1. The fraction of sp³-hybridized carbons (Fsp3) is 0.765. The average Bonchev–Trinajstić information content (AvgIpc) is 3.31. The molecule has 23 heavy (non-hydrogen) atoms. The lowest BCUT2D eigenvalue weighted by Crippen LogP contribution is -2.45. The number of hydrogen-bond donors (Lipinski definition) is 1. The van der Waals surface area contributed by atoms with Crippen LogP contribution in [0.15, 0.2) is 10.2 Å². The number of esters is 1. The number of carbonyl (C=O) groups excluding carboxylic acids is 2. The van der Waals surface area contributed by atoms with E-state index in [0.29, 0.717) is 43.4 Å². The first-order valence-corrected chi connectivity index (χ1v) is 8.33. The molecule has 122 valence electrons. The van der Waals surface area contributed by atoms with Crippen LogP contribution in [0.5, 0.6) is 0 Å². The fourth-order valence-corrected chi connectivity index (χ4v) is 5.22. The van der Waals surface area contributed by atoms with Crippen molar-refractivity contribution in [3.63, 3.8) is 0 Å². The molecule has 1 N–H and O–H groups in total. The second-order valence-electron chi connectivity index (χ2n) is 7.30. The molecule has 1 aliphatic heterocycles. The molecule has 1 heterocycles. The topological polar surface area (TPSA) is 80.1 Å². The van der Waals surface area contributed by atoms with E-state index in [0.717, 1.165) is 12.8 Å². The molecule has 1 amide bonds. The van der Waals surface area contributed by atoms with E-state index in [9.17, 15) is 9.59 Å². The summed E-state index contributed by atoms with van der Waals surface area (Å²) in [4.78, 5) is 24.6. The van der Waals surface area contributed by atoms with Gasteiger partial charge in [-0.1, -0.05) is 0 Å². The van der Waals surface area contributed by atoms with Crippen molar-refractivity contribution in [2.24, 2.45) is 33.4 Å². The zero-order valence-electron chi connectivity index (χ0n) is 13.2. The summed E-state index contributed by atoms with van der Waals surface area (Å²) in [5, 5.41) is 11.2. The lowest BCUT2D eigenvalue weighted by atomic mass is 9.96. The van der Waals surface area contributed by atoms with Gasteiger partial charge < -0.3 is 10.1 Å². The average molecular weight is 315 g/mol.